The fourth-order valence-electron chi connectivity index (χ4n) is 0.806. The summed E-state index contributed by atoms with van der Waals surface area (Å²) < 4.78 is 14.8. The second-order valence-corrected chi connectivity index (χ2v) is 2.65. The second kappa shape index (κ2) is 8.72. The average Bonchev–Trinajstić information content (AvgIpc) is 2.21. The van der Waals surface area contributed by atoms with Crippen LogP contribution in [0.15, 0.2) is 12.2 Å². The Kier molecular flexibility index (Phi) is 8.17. The summed E-state index contributed by atoms with van der Waals surface area (Å²) in [6.45, 7) is 7.80. The smallest absolute Gasteiger partial charge is 0.333 e. The van der Waals surface area contributed by atoms with Gasteiger partial charge in [0.2, 0.25) is 0 Å². The van der Waals surface area contributed by atoms with Crippen LogP contribution in [0.1, 0.15) is 13.3 Å². The Morgan fingerprint density at radius 3 is 2.43 bits per heavy atom. The van der Waals surface area contributed by atoms with E-state index >= 15 is 0 Å². The van der Waals surface area contributed by atoms with Crippen molar-refractivity contribution in [2.75, 3.05) is 33.5 Å². The molecule has 0 aromatic heterocycles. The molecule has 0 aliphatic rings. The van der Waals surface area contributed by atoms with Crippen LogP contribution in [0.25, 0.3) is 0 Å². The van der Waals surface area contributed by atoms with Crippen molar-refractivity contribution in [1.82, 2.24) is 0 Å². The molecule has 0 aliphatic carbocycles. The van der Waals surface area contributed by atoms with Crippen molar-refractivity contribution in [2.45, 2.75) is 13.3 Å². The van der Waals surface area contributed by atoms with E-state index in [1.807, 2.05) is 6.92 Å². The van der Waals surface area contributed by atoms with E-state index in [9.17, 15) is 4.79 Å². The lowest BCUT2D eigenvalue weighted by Crippen LogP contribution is -2.09. The summed E-state index contributed by atoms with van der Waals surface area (Å²) in [5.41, 5.74) is 0.434. The monoisotopic (exact) mass is 202 g/mol. The molecule has 0 aliphatic heterocycles. The van der Waals surface area contributed by atoms with Gasteiger partial charge in [-0.2, -0.15) is 0 Å². The maximum Gasteiger partial charge on any atom is 0.333 e. The van der Waals surface area contributed by atoms with Gasteiger partial charge in [0.1, 0.15) is 0 Å². The Labute approximate surface area is 84.8 Å². The minimum absolute atomic E-state index is 0.376. The Morgan fingerprint density at radius 2 is 1.86 bits per heavy atom. The van der Waals surface area contributed by atoms with Crippen LogP contribution in [0.3, 0.4) is 0 Å². The lowest BCUT2D eigenvalue weighted by Gasteiger charge is -2.05. The third-order valence-corrected chi connectivity index (χ3v) is 1.60. The molecule has 0 saturated heterocycles. The van der Waals surface area contributed by atoms with Gasteiger partial charge in [0.25, 0.3) is 0 Å². The highest BCUT2D eigenvalue weighted by Crippen LogP contribution is 2.00. The Bertz CT molecular complexity index is 177. The lowest BCUT2D eigenvalue weighted by molar-refractivity contribution is -0.136. The van der Waals surface area contributed by atoms with Crippen LogP contribution in [-0.4, -0.2) is 39.5 Å². The van der Waals surface area contributed by atoms with Crippen molar-refractivity contribution in [3.63, 3.8) is 0 Å². The van der Waals surface area contributed by atoms with Crippen LogP contribution in [0.2, 0.25) is 0 Å². The van der Waals surface area contributed by atoms with E-state index in [4.69, 9.17) is 9.47 Å². The van der Waals surface area contributed by atoms with Gasteiger partial charge < -0.3 is 14.2 Å². The first-order chi connectivity index (χ1) is 6.72. The average molecular weight is 202 g/mol. The van der Waals surface area contributed by atoms with Crippen molar-refractivity contribution in [3.8, 4) is 0 Å². The molecule has 0 spiro atoms. The first kappa shape index (κ1) is 13.1. The lowest BCUT2D eigenvalue weighted by atomic mass is 10.2. The van der Waals surface area contributed by atoms with Crippen LogP contribution >= 0.6 is 0 Å². The van der Waals surface area contributed by atoms with Crippen molar-refractivity contribution in [2.24, 2.45) is 0 Å². The SMILES string of the molecule is C=C(CCOCCOCC)C(=O)OC. The summed E-state index contributed by atoms with van der Waals surface area (Å²) >= 11 is 0. The highest BCUT2D eigenvalue weighted by Gasteiger charge is 2.05. The highest BCUT2D eigenvalue weighted by atomic mass is 16.5. The molecule has 0 radical (unpaired) electrons. The third kappa shape index (κ3) is 6.62. The molecule has 0 saturated carbocycles. The van der Waals surface area contributed by atoms with E-state index < -0.39 is 0 Å². The first-order valence-corrected chi connectivity index (χ1v) is 4.64. The maximum absolute atomic E-state index is 10.9. The van der Waals surface area contributed by atoms with Crippen molar-refractivity contribution < 1.29 is 19.0 Å². The number of methoxy groups -OCH3 is 1. The van der Waals surface area contributed by atoms with E-state index in [2.05, 4.69) is 11.3 Å². The number of esters is 1. The van der Waals surface area contributed by atoms with Gasteiger partial charge in [0.05, 0.1) is 26.9 Å². The number of carbonyl (C=O) groups excluding carboxylic acids is 1. The fourth-order valence-corrected chi connectivity index (χ4v) is 0.806. The molecular formula is C10H18O4. The molecule has 0 atom stereocenters. The predicted octanol–water partition coefficient (Wildman–Crippen LogP) is 1.16. The van der Waals surface area contributed by atoms with Gasteiger partial charge >= 0.3 is 5.97 Å². The van der Waals surface area contributed by atoms with Crippen LogP contribution in [-0.2, 0) is 19.0 Å². The largest absolute Gasteiger partial charge is 0.466 e. The highest BCUT2D eigenvalue weighted by molar-refractivity contribution is 5.87. The van der Waals surface area contributed by atoms with Crippen molar-refractivity contribution in [1.29, 1.82) is 0 Å². The molecule has 0 aromatic carbocycles. The van der Waals surface area contributed by atoms with E-state index in [1.165, 1.54) is 7.11 Å². The van der Waals surface area contributed by atoms with Gasteiger partial charge in [-0.3, -0.25) is 0 Å². The van der Waals surface area contributed by atoms with Gasteiger partial charge in [-0.1, -0.05) is 6.58 Å². The minimum atomic E-state index is -0.376. The van der Waals surface area contributed by atoms with Crippen molar-refractivity contribution in [3.05, 3.63) is 12.2 Å². The number of ether oxygens (including phenoxy) is 3. The van der Waals surface area contributed by atoms with E-state index in [-0.39, 0.29) is 5.97 Å². The number of carbonyl (C=O) groups is 1. The Hall–Kier alpha value is -0.870. The van der Waals surface area contributed by atoms with Gasteiger partial charge in [0, 0.05) is 18.6 Å². The zero-order valence-electron chi connectivity index (χ0n) is 8.88. The number of hydrogen-bond donors (Lipinski definition) is 0. The summed E-state index contributed by atoms with van der Waals surface area (Å²) in [6.07, 6.45) is 0.499. The molecule has 4 nitrogen and oxygen atoms in total. The molecule has 82 valence electrons. The van der Waals surface area contributed by atoms with E-state index in [0.29, 0.717) is 38.4 Å². The standard InChI is InChI=1S/C10H18O4/c1-4-13-7-8-14-6-5-9(2)10(11)12-3/h2,4-8H2,1,3H3. The molecule has 0 unspecified atom stereocenters. The molecule has 0 bridgehead atoms. The van der Waals surface area contributed by atoms with Gasteiger partial charge in [-0.25, -0.2) is 4.79 Å². The zero-order chi connectivity index (χ0) is 10.8. The summed E-state index contributed by atoms with van der Waals surface area (Å²) in [5, 5.41) is 0. The van der Waals surface area contributed by atoms with Crippen LogP contribution < -0.4 is 0 Å². The van der Waals surface area contributed by atoms with Crippen LogP contribution in [0, 0.1) is 0 Å². The third-order valence-electron chi connectivity index (χ3n) is 1.60. The molecule has 0 heterocycles. The molecule has 0 amide bonds. The summed E-state index contributed by atoms with van der Waals surface area (Å²) in [5.74, 6) is -0.376. The number of hydrogen-bond acceptors (Lipinski definition) is 4. The van der Waals surface area contributed by atoms with E-state index in [1.54, 1.807) is 0 Å². The summed E-state index contributed by atoms with van der Waals surface area (Å²) in [7, 11) is 1.34. The normalized spacial score (nSPS) is 9.86. The molecule has 0 fully saturated rings. The second-order valence-electron chi connectivity index (χ2n) is 2.65. The molecule has 0 rings (SSSR count). The van der Waals surface area contributed by atoms with Crippen molar-refractivity contribution >= 4 is 5.97 Å². The van der Waals surface area contributed by atoms with Crippen LogP contribution in [0.4, 0.5) is 0 Å². The topological polar surface area (TPSA) is 44.8 Å². The minimum Gasteiger partial charge on any atom is -0.466 e. The van der Waals surface area contributed by atoms with Gasteiger partial charge in [-0.05, 0) is 6.92 Å². The van der Waals surface area contributed by atoms with Gasteiger partial charge in [0.15, 0.2) is 0 Å². The van der Waals surface area contributed by atoms with E-state index in [0.717, 1.165) is 0 Å². The zero-order valence-corrected chi connectivity index (χ0v) is 8.88. The Balaban J connectivity index is 3.27. The first-order valence-electron chi connectivity index (χ1n) is 4.64. The fraction of sp³-hybridized carbons (Fsp3) is 0.700. The molecule has 0 N–H and O–H groups in total. The predicted molar refractivity (Wildman–Crippen MR) is 53.1 cm³/mol. The Morgan fingerprint density at radius 1 is 1.21 bits per heavy atom. The summed E-state index contributed by atoms with van der Waals surface area (Å²) in [6, 6.07) is 0. The summed E-state index contributed by atoms with van der Waals surface area (Å²) in [4.78, 5) is 10.9. The van der Waals surface area contributed by atoms with Crippen LogP contribution in [0.5, 0.6) is 0 Å². The molecule has 0 aromatic rings. The molecule has 4 heteroatoms. The number of rotatable bonds is 8. The molecule has 14 heavy (non-hydrogen) atoms. The molecular weight excluding hydrogens is 184 g/mol. The van der Waals surface area contributed by atoms with Gasteiger partial charge in [-0.15, -0.1) is 0 Å². The maximum atomic E-state index is 10.9. The quantitative estimate of drug-likeness (QED) is 0.336.